The minimum absolute atomic E-state index is 0.0426. The molecule has 0 aliphatic heterocycles. The second-order valence-electron chi connectivity index (χ2n) is 7.08. The molecule has 0 atom stereocenters. The van der Waals surface area contributed by atoms with Crippen LogP contribution in [0.15, 0.2) is 48.2 Å². The molecule has 0 heterocycles. The fourth-order valence-electron chi connectivity index (χ4n) is 2.42. The first-order chi connectivity index (χ1) is 12.6. The maximum Gasteiger partial charge on any atom is 0.352 e. The van der Waals surface area contributed by atoms with Crippen LogP contribution in [-0.2, 0) is 10.2 Å². The van der Waals surface area contributed by atoms with E-state index in [-0.39, 0.29) is 22.6 Å². The van der Waals surface area contributed by atoms with Gasteiger partial charge in [0.05, 0.1) is 7.11 Å². The monoisotopic (exact) mass is 369 g/mol. The first-order valence-corrected chi connectivity index (χ1v) is 8.35. The van der Waals surface area contributed by atoms with Crippen LogP contribution in [0.25, 0.3) is 6.08 Å². The van der Waals surface area contributed by atoms with Gasteiger partial charge in [-0.3, -0.25) is 4.79 Å². The van der Waals surface area contributed by atoms with Crippen LogP contribution in [0.2, 0.25) is 0 Å². The van der Waals surface area contributed by atoms with Crippen LogP contribution in [0.4, 0.5) is 0 Å². The number of carbonyl (C=O) groups excluding carboxylic acids is 1. The van der Waals surface area contributed by atoms with E-state index < -0.39 is 11.9 Å². The number of ether oxygens (including phenoxy) is 1. The van der Waals surface area contributed by atoms with Crippen LogP contribution in [0.3, 0.4) is 0 Å². The van der Waals surface area contributed by atoms with Crippen molar-refractivity contribution in [1.29, 1.82) is 0 Å². The van der Waals surface area contributed by atoms with Gasteiger partial charge in [-0.2, -0.15) is 0 Å². The van der Waals surface area contributed by atoms with E-state index in [4.69, 9.17) is 4.74 Å². The van der Waals surface area contributed by atoms with Gasteiger partial charge in [-0.15, -0.1) is 0 Å². The molecule has 0 unspecified atom stereocenters. The molecule has 2 aromatic rings. The lowest BCUT2D eigenvalue weighted by molar-refractivity contribution is -0.132. The fourth-order valence-corrected chi connectivity index (χ4v) is 2.42. The molecule has 0 spiro atoms. The van der Waals surface area contributed by atoms with E-state index in [1.807, 2.05) is 12.1 Å². The summed E-state index contributed by atoms with van der Waals surface area (Å²) in [6, 6.07) is 11.4. The predicted octanol–water partition coefficient (Wildman–Crippen LogP) is 3.55. The summed E-state index contributed by atoms with van der Waals surface area (Å²) in [7, 11) is 1.39. The first kappa shape index (κ1) is 20.0. The molecule has 2 aromatic carbocycles. The van der Waals surface area contributed by atoms with E-state index in [1.54, 1.807) is 12.1 Å². The number of aliphatic carboxylic acids is 1. The molecular weight excluding hydrogens is 346 g/mol. The van der Waals surface area contributed by atoms with Crippen molar-refractivity contribution in [3.63, 3.8) is 0 Å². The number of aromatic hydroxyl groups is 1. The molecule has 6 nitrogen and oxygen atoms in total. The van der Waals surface area contributed by atoms with Crippen LogP contribution in [0, 0.1) is 0 Å². The van der Waals surface area contributed by atoms with Crippen molar-refractivity contribution < 1.29 is 24.5 Å². The highest BCUT2D eigenvalue weighted by molar-refractivity contribution is 6.02. The highest BCUT2D eigenvalue weighted by Gasteiger charge is 2.16. The Kier molecular flexibility index (Phi) is 5.90. The quantitative estimate of drug-likeness (QED) is 0.701. The van der Waals surface area contributed by atoms with E-state index >= 15 is 0 Å². The molecule has 0 bridgehead atoms. The number of amides is 1. The van der Waals surface area contributed by atoms with Crippen molar-refractivity contribution in [3.05, 3.63) is 64.9 Å². The molecule has 0 aliphatic rings. The smallest absolute Gasteiger partial charge is 0.352 e. The highest BCUT2D eigenvalue weighted by atomic mass is 16.5. The number of nitrogens with one attached hydrogen (secondary N) is 1. The normalized spacial score (nSPS) is 11.8. The molecule has 27 heavy (non-hydrogen) atoms. The maximum absolute atomic E-state index is 12.4. The molecule has 0 saturated heterocycles. The van der Waals surface area contributed by atoms with Crippen molar-refractivity contribution in [2.24, 2.45) is 0 Å². The summed E-state index contributed by atoms with van der Waals surface area (Å²) < 4.78 is 5.00. The van der Waals surface area contributed by atoms with Gasteiger partial charge in [-0.25, -0.2) is 4.79 Å². The molecule has 1 amide bonds. The Morgan fingerprint density at radius 3 is 2.22 bits per heavy atom. The average molecular weight is 369 g/mol. The number of carbonyl (C=O) groups is 2. The van der Waals surface area contributed by atoms with E-state index in [1.165, 1.54) is 31.4 Å². The summed E-state index contributed by atoms with van der Waals surface area (Å²) in [6.07, 6.45) is 1.30. The number of methoxy groups -OCH3 is 1. The molecule has 3 N–H and O–H groups in total. The van der Waals surface area contributed by atoms with Gasteiger partial charge in [0.2, 0.25) is 0 Å². The predicted molar refractivity (Wildman–Crippen MR) is 103 cm³/mol. The van der Waals surface area contributed by atoms with E-state index in [0.29, 0.717) is 11.1 Å². The minimum Gasteiger partial charge on any atom is -0.504 e. The SMILES string of the molecule is COc1cc(/C=C(/NC(=O)c2ccc(C(C)(C)C)cc2)C(=O)O)ccc1O. The number of hydrogen-bond donors (Lipinski definition) is 3. The molecule has 6 heteroatoms. The van der Waals surface area contributed by atoms with Crippen LogP contribution in [-0.4, -0.2) is 29.2 Å². The third kappa shape index (κ3) is 5.10. The van der Waals surface area contributed by atoms with Gasteiger partial charge in [0.25, 0.3) is 5.91 Å². The van der Waals surface area contributed by atoms with Gasteiger partial charge < -0.3 is 20.3 Å². The third-order valence-corrected chi connectivity index (χ3v) is 4.01. The lowest BCUT2D eigenvalue weighted by atomic mass is 9.87. The van der Waals surface area contributed by atoms with E-state index in [0.717, 1.165) is 5.56 Å². The summed E-state index contributed by atoms with van der Waals surface area (Å²) in [4.78, 5) is 23.9. The Hall–Kier alpha value is -3.28. The summed E-state index contributed by atoms with van der Waals surface area (Å²) in [5, 5.41) is 21.4. The van der Waals surface area contributed by atoms with Gasteiger partial charge >= 0.3 is 5.97 Å². The molecule has 2 rings (SSSR count). The number of benzene rings is 2. The number of rotatable bonds is 5. The van der Waals surface area contributed by atoms with Gasteiger partial charge in [-0.05, 0) is 46.9 Å². The van der Waals surface area contributed by atoms with Crippen LogP contribution in [0.5, 0.6) is 11.5 Å². The van der Waals surface area contributed by atoms with Crippen LogP contribution in [0.1, 0.15) is 42.3 Å². The number of carboxylic acids is 1. The fraction of sp³-hybridized carbons (Fsp3) is 0.238. The number of carboxylic acid groups (broad SMARTS) is 1. The molecule has 142 valence electrons. The van der Waals surface area contributed by atoms with Crippen LogP contribution >= 0.6 is 0 Å². The largest absolute Gasteiger partial charge is 0.504 e. The Morgan fingerprint density at radius 1 is 1.07 bits per heavy atom. The standard InChI is InChI=1S/C21H23NO5/c1-21(2,3)15-8-6-14(7-9-15)19(24)22-16(20(25)26)11-13-5-10-17(23)18(12-13)27-4/h5-12,23H,1-4H3,(H,22,24)(H,25,26)/b16-11+. The van der Waals surface area contributed by atoms with Crippen LogP contribution < -0.4 is 10.1 Å². The Balaban J connectivity index is 2.25. The number of phenols is 1. The lowest BCUT2D eigenvalue weighted by Gasteiger charge is -2.19. The summed E-state index contributed by atoms with van der Waals surface area (Å²) in [5.41, 5.74) is 1.57. The maximum atomic E-state index is 12.4. The van der Waals surface area contributed by atoms with Gasteiger partial charge in [-0.1, -0.05) is 39.0 Å². The number of phenolic OH excluding ortho intramolecular Hbond substituents is 1. The summed E-state index contributed by atoms with van der Waals surface area (Å²) >= 11 is 0. The van der Waals surface area contributed by atoms with Crippen molar-refractivity contribution in [1.82, 2.24) is 5.32 Å². The van der Waals surface area contributed by atoms with Gasteiger partial charge in [0, 0.05) is 5.56 Å². The molecule has 0 radical (unpaired) electrons. The average Bonchev–Trinajstić information content (AvgIpc) is 2.61. The summed E-state index contributed by atoms with van der Waals surface area (Å²) in [5.74, 6) is -1.65. The Bertz CT molecular complexity index is 876. The minimum atomic E-state index is -1.28. The zero-order chi connectivity index (χ0) is 20.2. The number of hydrogen-bond acceptors (Lipinski definition) is 4. The molecule has 0 aromatic heterocycles. The van der Waals surface area contributed by atoms with Crippen molar-refractivity contribution in [2.45, 2.75) is 26.2 Å². The van der Waals surface area contributed by atoms with E-state index in [2.05, 4.69) is 26.1 Å². The molecule has 0 fully saturated rings. The van der Waals surface area contributed by atoms with E-state index in [9.17, 15) is 19.8 Å². The topological polar surface area (TPSA) is 95.9 Å². The highest BCUT2D eigenvalue weighted by Crippen LogP contribution is 2.27. The summed E-state index contributed by atoms with van der Waals surface area (Å²) in [6.45, 7) is 6.21. The zero-order valence-corrected chi connectivity index (χ0v) is 15.7. The second-order valence-corrected chi connectivity index (χ2v) is 7.08. The van der Waals surface area contributed by atoms with Crippen molar-refractivity contribution in [3.8, 4) is 11.5 Å². The van der Waals surface area contributed by atoms with Crippen molar-refractivity contribution >= 4 is 18.0 Å². The molecule has 0 saturated carbocycles. The van der Waals surface area contributed by atoms with Crippen molar-refractivity contribution in [2.75, 3.05) is 7.11 Å². The Morgan fingerprint density at radius 2 is 1.70 bits per heavy atom. The Labute approximate surface area is 158 Å². The third-order valence-electron chi connectivity index (χ3n) is 4.01. The molecule has 0 aliphatic carbocycles. The van der Waals surface area contributed by atoms with Gasteiger partial charge in [0.1, 0.15) is 5.70 Å². The zero-order valence-electron chi connectivity index (χ0n) is 15.7. The molecular formula is C21H23NO5. The lowest BCUT2D eigenvalue weighted by Crippen LogP contribution is -2.27. The second kappa shape index (κ2) is 7.95. The first-order valence-electron chi connectivity index (χ1n) is 8.35. The van der Waals surface area contributed by atoms with Gasteiger partial charge in [0.15, 0.2) is 11.5 Å².